The van der Waals surface area contributed by atoms with Crippen molar-refractivity contribution in [2.24, 2.45) is 0 Å². The van der Waals surface area contributed by atoms with Crippen LogP contribution in [0.4, 0.5) is 13.2 Å². The van der Waals surface area contributed by atoms with Gasteiger partial charge in [-0.1, -0.05) is 23.2 Å². The predicted molar refractivity (Wildman–Crippen MR) is 90.5 cm³/mol. The molecule has 0 radical (unpaired) electrons. The van der Waals surface area contributed by atoms with E-state index in [-0.39, 0.29) is 32.6 Å². The maximum atomic E-state index is 14.5. The molecule has 0 aliphatic carbocycles. The van der Waals surface area contributed by atoms with Crippen LogP contribution in [0.2, 0.25) is 15.5 Å². The van der Waals surface area contributed by atoms with Crippen LogP contribution in [-0.2, 0) is 0 Å². The number of methoxy groups -OCH3 is 1. The number of hydrogen-bond donors (Lipinski definition) is 0. The SMILES string of the molecule is COc1cc(F)c(-c2c(Cl)nc(Cl)n2-c2ccc(Cl)c(F)c2)c(F)c1. The Morgan fingerprint density at radius 1 is 0.960 bits per heavy atom. The summed E-state index contributed by atoms with van der Waals surface area (Å²) in [6, 6.07) is 5.72. The summed E-state index contributed by atoms with van der Waals surface area (Å²) in [7, 11) is 1.28. The second-order valence-electron chi connectivity index (χ2n) is 4.92. The summed E-state index contributed by atoms with van der Waals surface area (Å²) in [5, 5.41) is -0.561. The highest BCUT2D eigenvalue weighted by atomic mass is 35.5. The van der Waals surface area contributed by atoms with Crippen LogP contribution in [0.1, 0.15) is 0 Å². The van der Waals surface area contributed by atoms with Gasteiger partial charge in [-0.05, 0) is 29.8 Å². The van der Waals surface area contributed by atoms with E-state index in [0.29, 0.717) is 0 Å². The highest BCUT2D eigenvalue weighted by molar-refractivity contribution is 6.34. The Hall–Kier alpha value is -1.89. The minimum atomic E-state index is -0.939. The molecule has 0 atom stereocenters. The molecule has 0 aliphatic rings. The summed E-state index contributed by atoms with van der Waals surface area (Å²) in [5.74, 6) is -2.62. The normalized spacial score (nSPS) is 11.0. The van der Waals surface area contributed by atoms with Gasteiger partial charge in [0.25, 0.3) is 0 Å². The highest BCUT2D eigenvalue weighted by Gasteiger charge is 2.25. The molecule has 3 nitrogen and oxygen atoms in total. The van der Waals surface area contributed by atoms with Gasteiger partial charge in [0.2, 0.25) is 5.28 Å². The first-order valence-electron chi connectivity index (χ1n) is 6.76. The van der Waals surface area contributed by atoms with Gasteiger partial charge in [0.1, 0.15) is 23.2 Å². The third kappa shape index (κ3) is 3.17. The molecule has 2 aromatic carbocycles. The largest absolute Gasteiger partial charge is 0.497 e. The van der Waals surface area contributed by atoms with E-state index in [0.717, 1.165) is 22.8 Å². The first-order valence-corrected chi connectivity index (χ1v) is 7.89. The fraction of sp³-hybridized carbons (Fsp3) is 0.0625. The molecule has 0 unspecified atom stereocenters. The van der Waals surface area contributed by atoms with E-state index in [1.54, 1.807) is 0 Å². The first kappa shape index (κ1) is 17.9. The monoisotopic (exact) mass is 406 g/mol. The van der Waals surface area contributed by atoms with Crippen LogP contribution in [0.3, 0.4) is 0 Å². The van der Waals surface area contributed by atoms with Gasteiger partial charge in [0.15, 0.2) is 5.15 Å². The van der Waals surface area contributed by atoms with E-state index >= 15 is 0 Å². The summed E-state index contributed by atoms with van der Waals surface area (Å²) >= 11 is 17.7. The summed E-state index contributed by atoms with van der Waals surface area (Å²) in [6.07, 6.45) is 0. The molecule has 0 fully saturated rings. The van der Waals surface area contributed by atoms with Crippen molar-refractivity contribution >= 4 is 34.8 Å². The van der Waals surface area contributed by atoms with Crippen LogP contribution in [-0.4, -0.2) is 16.7 Å². The molecule has 0 amide bonds. The Morgan fingerprint density at radius 3 is 2.16 bits per heavy atom. The van der Waals surface area contributed by atoms with Crippen molar-refractivity contribution < 1.29 is 17.9 Å². The number of rotatable bonds is 3. The molecule has 3 rings (SSSR count). The van der Waals surface area contributed by atoms with Gasteiger partial charge in [-0.3, -0.25) is 4.57 Å². The summed E-state index contributed by atoms with van der Waals surface area (Å²) in [6.45, 7) is 0. The second-order valence-corrected chi connectivity index (χ2v) is 6.02. The van der Waals surface area contributed by atoms with Crippen LogP contribution >= 0.6 is 34.8 Å². The molecule has 9 heteroatoms. The second kappa shape index (κ2) is 6.78. The van der Waals surface area contributed by atoms with Crippen LogP contribution in [0.15, 0.2) is 30.3 Å². The number of imidazole rings is 1. The Bertz CT molecular complexity index is 952. The Labute approximate surface area is 155 Å². The molecular formula is C16H8Cl3F3N2O. The maximum absolute atomic E-state index is 14.5. The van der Waals surface area contributed by atoms with E-state index in [2.05, 4.69) is 4.98 Å². The van der Waals surface area contributed by atoms with Crippen molar-refractivity contribution in [1.29, 1.82) is 0 Å². The maximum Gasteiger partial charge on any atom is 0.209 e. The van der Waals surface area contributed by atoms with Crippen molar-refractivity contribution in [3.05, 3.63) is 63.2 Å². The molecule has 25 heavy (non-hydrogen) atoms. The van der Waals surface area contributed by atoms with Gasteiger partial charge in [-0.25, -0.2) is 18.2 Å². The lowest BCUT2D eigenvalue weighted by Crippen LogP contribution is -2.02. The molecule has 1 aromatic heterocycles. The fourth-order valence-electron chi connectivity index (χ4n) is 2.34. The zero-order chi connectivity index (χ0) is 18.3. The van der Waals surface area contributed by atoms with Crippen molar-refractivity contribution in [2.75, 3.05) is 7.11 Å². The highest BCUT2D eigenvalue weighted by Crippen LogP contribution is 2.38. The topological polar surface area (TPSA) is 27.1 Å². The van der Waals surface area contributed by atoms with Crippen LogP contribution in [0, 0.1) is 17.5 Å². The molecule has 0 bridgehead atoms. The minimum absolute atomic E-state index is 0.00966. The van der Waals surface area contributed by atoms with E-state index in [9.17, 15) is 13.2 Å². The van der Waals surface area contributed by atoms with Crippen molar-refractivity contribution in [3.63, 3.8) is 0 Å². The molecule has 0 N–H and O–H groups in total. The van der Waals surface area contributed by atoms with Crippen LogP contribution in [0.5, 0.6) is 5.75 Å². The summed E-state index contributed by atoms with van der Waals surface area (Å²) in [5.41, 5.74) is -0.484. The third-order valence-corrected chi connectivity index (χ3v) is 4.27. The van der Waals surface area contributed by atoms with Crippen molar-refractivity contribution in [1.82, 2.24) is 9.55 Å². The van der Waals surface area contributed by atoms with Crippen LogP contribution < -0.4 is 4.74 Å². The minimum Gasteiger partial charge on any atom is -0.497 e. The lowest BCUT2D eigenvalue weighted by atomic mass is 10.1. The van der Waals surface area contributed by atoms with Crippen molar-refractivity contribution in [2.45, 2.75) is 0 Å². The fourth-order valence-corrected chi connectivity index (χ4v) is 3.02. The van der Waals surface area contributed by atoms with Gasteiger partial charge < -0.3 is 4.74 Å². The average molecular weight is 408 g/mol. The summed E-state index contributed by atoms with van der Waals surface area (Å²) in [4.78, 5) is 3.81. The standard InChI is InChI=1S/C16H8Cl3F3N2O/c1-25-8-5-11(21)13(12(22)6-8)14-15(18)23-16(19)24(14)7-2-3-9(17)10(20)4-7/h2-6H,1H3. The summed E-state index contributed by atoms with van der Waals surface area (Å²) < 4.78 is 48.6. The molecule has 1 heterocycles. The number of benzene rings is 2. The van der Waals surface area contributed by atoms with E-state index < -0.39 is 23.0 Å². The number of halogens is 6. The van der Waals surface area contributed by atoms with Gasteiger partial charge in [-0.15, -0.1) is 0 Å². The predicted octanol–water partition coefficient (Wildman–Crippen LogP) is 5.93. The zero-order valence-electron chi connectivity index (χ0n) is 12.5. The number of ether oxygens (including phenoxy) is 1. The molecule has 3 aromatic rings. The number of nitrogens with zero attached hydrogens (tertiary/aromatic N) is 2. The molecular weight excluding hydrogens is 400 g/mol. The van der Waals surface area contributed by atoms with Crippen molar-refractivity contribution in [3.8, 4) is 22.7 Å². The van der Waals surface area contributed by atoms with E-state index in [1.807, 2.05) is 0 Å². The van der Waals surface area contributed by atoms with Crippen LogP contribution in [0.25, 0.3) is 16.9 Å². The molecule has 0 aliphatic heterocycles. The van der Waals surface area contributed by atoms with E-state index in [4.69, 9.17) is 39.5 Å². The van der Waals surface area contributed by atoms with Gasteiger partial charge in [-0.2, -0.15) is 0 Å². The third-order valence-electron chi connectivity index (χ3n) is 3.44. The Kier molecular flexibility index (Phi) is 4.86. The smallest absolute Gasteiger partial charge is 0.209 e. The lowest BCUT2D eigenvalue weighted by molar-refractivity contribution is 0.407. The zero-order valence-corrected chi connectivity index (χ0v) is 14.7. The van der Waals surface area contributed by atoms with Gasteiger partial charge >= 0.3 is 0 Å². The van der Waals surface area contributed by atoms with E-state index in [1.165, 1.54) is 19.2 Å². The number of aromatic nitrogens is 2. The Balaban J connectivity index is 2.30. The molecule has 130 valence electrons. The molecule has 0 saturated heterocycles. The van der Waals surface area contributed by atoms with Gasteiger partial charge in [0, 0.05) is 12.1 Å². The molecule has 0 saturated carbocycles. The number of hydrogen-bond acceptors (Lipinski definition) is 2. The quantitative estimate of drug-likeness (QED) is 0.538. The first-order chi connectivity index (χ1) is 11.8. The lowest BCUT2D eigenvalue weighted by Gasteiger charge is -2.13. The Morgan fingerprint density at radius 2 is 1.60 bits per heavy atom. The molecule has 0 spiro atoms. The average Bonchev–Trinajstić information content (AvgIpc) is 2.84. The van der Waals surface area contributed by atoms with Gasteiger partial charge in [0.05, 0.1) is 29.1 Å².